The van der Waals surface area contributed by atoms with Crippen molar-refractivity contribution in [3.05, 3.63) is 77.9 Å². The molecule has 1 unspecified atom stereocenters. The molecule has 1 saturated carbocycles. The van der Waals surface area contributed by atoms with Crippen molar-refractivity contribution in [3.63, 3.8) is 0 Å². The quantitative estimate of drug-likeness (QED) is 0.268. The summed E-state index contributed by atoms with van der Waals surface area (Å²) < 4.78 is 50.7. The van der Waals surface area contributed by atoms with E-state index in [2.05, 4.69) is 5.32 Å². The second-order valence-corrected chi connectivity index (χ2v) is 13.6. The SMILES string of the molecule is NS(=O)(=O)c1ccc(N(C(=O)CN2C(=O)c3ccccc3S2(=O)=O)C(C(=O)NC2CCCC2)c2ccc(O)c(O)c2)cc1. The summed E-state index contributed by atoms with van der Waals surface area (Å²) in [5, 5.41) is 28.3. The fourth-order valence-electron chi connectivity index (χ4n) is 5.30. The van der Waals surface area contributed by atoms with Gasteiger partial charge in [0.15, 0.2) is 11.5 Å². The molecule has 3 amide bonds. The van der Waals surface area contributed by atoms with Crippen LogP contribution in [0.3, 0.4) is 0 Å². The van der Waals surface area contributed by atoms with Gasteiger partial charge >= 0.3 is 0 Å². The van der Waals surface area contributed by atoms with E-state index in [1.807, 2.05) is 0 Å². The molecule has 1 atom stereocenters. The number of anilines is 1. The van der Waals surface area contributed by atoms with Crippen molar-refractivity contribution < 1.29 is 41.4 Å². The number of rotatable bonds is 8. The van der Waals surface area contributed by atoms with E-state index in [-0.39, 0.29) is 32.6 Å². The fraction of sp³-hybridized carbons (Fsp3) is 0.250. The third-order valence-corrected chi connectivity index (χ3v) is 10.1. The van der Waals surface area contributed by atoms with E-state index in [9.17, 15) is 41.4 Å². The van der Waals surface area contributed by atoms with Crippen molar-refractivity contribution in [2.45, 2.75) is 47.6 Å². The highest BCUT2D eigenvalue weighted by atomic mass is 32.2. The average molecular weight is 629 g/mol. The molecule has 5 N–H and O–H groups in total. The third-order valence-electron chi connectivity index (χ3n) is 7.43. The lowest BCUT2D eigenvalue weighted by Crippen LogP contribution is -2.49. The first kappa shape index (κ1) is 30.0. The Hall–Kier alpha value is -4.47. The highest BCUT2D eigenvalue weighted by Crippen LogP contribution is 2.36. The zero-order chi connectivity index (χ0) is 31.1. The van der Waals surface area contributed by atoms with Crippen LogP contribution in [0.2, 0.25) is 0 Å². The summed E-state index contributed by atoms with van der Waals surface area (Å²) in [5.41, 5.74) is -0.0926. The Kier molecular flexibility index (Phi) is 7.89. The van der Waals surface area contributed by atoms with Crippen molar-refractivity contribution >= 4 is 43.5 Å². The first-order valence-corrected chi connectivity index (χ1v) is 16.2. The van der Waals surface area contributed by atoms with Crippen LogP contribution in [0.25, 0.3) is 0 Å². The van der Waals surface area contributed by atoms with Crippen LogP contribution in [-0.4, -0.2) is 61.7 Å². The molecule has 226 valence electrons. The molecule has 15 heteroatoms. The Balaban J connectivity index is 1.62. The molecular formula is C28H28N4O9S2. The molecule has 1 aliphatic heterocycles. The van der Waals surface area contributed by atoms with Gasteiger partial charge in [0.25, 0.3) is 15.9 Å². The van der Waals surface area contributed by atoms with Gasteiger partial charge in [-0.2, -0.15) is 0 Å². The number of nitrogens with one attached hydrogen (secondary N) is 1. The van der Waals surface area contributed by atoms with E-state index in [1.54, 1.807) is 0 Å². The number of phenolic OH excluding ortho intramolecular Hbond substituents is 2. The molecule has 3 aromatic rings. The number of carbonyl (C=O) groups excluding carboxylic acids is 3. The highest BCUT2D eigenvalue weighted by molar-refractivity contribution is 7.90. The van der Waals surface area contributed by atoms with E-state index in [0.717, 1.165) is 42.0 Å². The van der Waals surface area contributed by atoms with Crippen molar-refractivity contribution in [1.82, 2.24) is 9.62 Å². The summed E-state index contributed by atoms with van der Waals surface area (Å²) >= 11 is 0. The molecule has 0 radical (unpaired) electrons. The minimum absolute atomic E-state index is 0.0295. The molecule has 1 aliphatic carbocycles. The van der Waals surface area contributed by atoms with Gasteiger partial charge in [-0.3, -0.25) is 19.3 Å². The number of hydrogen-bond acceptors (Lipinski definition) is 9. The summed E-state index contributed by atoms with van der Waals surface area (Å²) in [6, 6.07) is 11.9. The van der Waals surface area contributed by atoms with Crippen LogP contribution < -0.4 is 15.4 Å². The van der Waals surface area contributed by atoms with E-state index >= 15 is 0 Å². The topological polar surface area (TPSA) is 204 Å². The minimum atomic E-state index is -4.41. The largest absolute Gasteiger partial charge is 0.504 e. The Bertz CT molecular complexity index is 1820. The van der Waals surface area contributed by atoms with Gasteiger partial charge in [-0.05, 0) is 66.9 Å². The summed E-state index contributed by atoms with van der Waals surface area (Å²) in [6.07, 6.45) is 3.13. The number of carbonyl (C=O) groups is 3. The first-order chi connectivity index (χ1) is 20.3. The molecule has 0 aromatic heterocycles. The number of aromatic hydroxyl groups is 2. The smallest absolute Gasteiger partial charge is 0.269 e. The van der Waals surface area contributed by atoms with Gasteiger partial charge in [-0.15, -0.1) is 0 Å². The third kappa shape index (κ3) is 5.78. The molecular weight excluding hydrogens is 600 g/mol. The Morgan fingerprint density at radius 2 is 1.65 bits per heavy atom. The number of phenols is 2. The van der Waals surface area contributed by atoms with Gasteiger partial charge in [0.2, 0.25) is 21.8 Å². The zero-order valence-electron chi connectivity index (χ0n) is 22.6. The van der Waals surface area contributed by atoms with E-state index < -0.39 is 61.9 Å². The lowest BCUT2D eigenvalue weighted by Gasteiger charge is -2.33. The molecule has 0 spiro atoms. The zero-order valence-corrected chi connectivity index (χ0v) is 24.2. The molecule has 1 heterocycles. The van der Waals surface area contributed by atoms with Crippen LogP contribution in [0.1, 0.15) is 47.6 Å². The van der Waals surface area contributed by atoms with Gasteiger partial charge < -0.3 is 15.5 Å². The predicted molar refractivity (Wildman–Crippen MR) is 153 cm³/mol. The normalized spacial score (nSPS) is 17.0. The first-order valence-electron chi connectivity index (χ1n) is 13.2. The minimum Gasteiger partial charge on any atom is -0.504 e. The lowest BCUT2D eigenvalue weighted by molar-refractivity contribution is -0.127. The molecule has 2 aliphatic rings. The van der Waals surface area contributed by atoms with E-state index in [0.29, 0.717) is 17.1 Å². The van der Waals surface area contributed by atoms with Gasteiger partial charge in [0, 0.05) is 11.7 Å². The van der Waals surface area contributed by atoms with Crippen molar-refractivity contribution in [1.29, 1.82) is 0 Å². The maximum absolute atomic E-state index is 14.1. The average Bonchev–Trinajstić information content (AvgIpc) is 3.54. The standard InChI is InChI=1S/C28H28N4O9S2/c29-42(38,39)20-12-10-19(11-13-20)32(25(35)16-31-28(37)21-7-3-4-8-24(21)43(31,40)41)26(17-9-14-22(33)23(34)15-17)27(36)30-18-5-1-2-6-18/h3-4,7-15,18,26,33-34H,1-2,5-6,16H2,(H,30,36)(H2,29,38,39). The number of amides is 3. The fourth-order valence-corrected chi connectivity index (χ4v) is 7.33. The summed E-state index contributed by atoms with van der Waals surface area (Å²) in [4.78, 5) is 41.5. The number of primary sulfonamides is 1. The van der Waals surface area contributed by atoms with Crippen molar-refractivity contribution in [2.75, 3.05) is 11.4 Å². The van der Waals surface area contributed by atoms with Crippen LogP contribution in [0.4, 0.5) is 5.69 Å². The number of sulfonamides is 2. The van der Waals surface area contributed by atoms with Crippen LogP contribution in [-0.2, 0) is 29.6 Å². The predicted octanol–water partition coefficient (Wildman–Crippen LogP) is 1.72. The van der Waals surface area contributed by atoms with Gasteiger partial charge in [-0.1, -0.05) is 31.0 Å². The van der Waals surface area contributed by atoms with Crippen LogP contribution in [0.5, 0.6) is 11.5 Å². The summed E-state index contributed by atoms with van der Waals surface area (Å²) in [6.45, 7) is -0.996. The van der Waals surface area contributed by atoms with Gasteiger partial charge in [0.1, 0.15) is 17.5 Å². The monoisotopic (exact) mass is 628 g/mol. The van der Waals surface area contributed by atoms with Crippen LogP contribution >= 0.6 is 0 Å². The number of fused-ring (bicyclic) bond motifs is 1. The maximum atomic E-state index is 14.1. The van der Waals surface area contributed by atoms with Gasteiger partial charge in [0.05, 0.1) is 10.5 Å². The van der Waals surface area contributed by atoms with E-state index in [4.69, 9.17) is 5.14 Å². The number of nitrogens with two attached hydrogens (primary N) is 1. The molecule has 5 rings (SSSR count). The number of nitrogens with zero attached hydrogens (tertiary/aromatic N) is 2. The van der Waals surface area contributed by atoms with Crippen molar-refractivity contribution in [2.24, 2.45) is 5.14 Å². The maximum Gasteiger partial charge on any atom is 0.269 e. The van der Waals surface area contributed by atoms with Crippen LogP contribution in [0, 0.1) is 0 Å². The molecule has 0 saturated heterocycles. The summed E-state index contributed by atoms with van der Waals surface area (Å²) in [7, 11) is -8.54. The van der Waals surface area contributed by atoms with Crippen LogP contribution in [0.15, 0.2) is 76.5 Å². The Morgan fingerprint density at radius 1 is 1.00 bits per heavy atom. The van der Waals surface area contributed by atoms with Crippen molar-refractivity contribution in [3.8, 4) is 11.5 Å². The number of hydrogen-bond donors (Lipinski definition) is 4. The Morgan fingerprint density at radius 3 is 2.26 bits per heavy atom. The van der Waals surface area contributed by atoms with Gasteiger partial charge in [-0.25, -0.2) is 26.3 Å². The molecule has 0 bridgehead atoms. The molecule has 3 aromatic carbocycles. The molecule has 1 fully saturated rings. The second kappa shape index (κ2) is 11.3. The Labute approximate surface area is 247 Å². The molecule has 43 heavy (non-hydrogen) atoms. The second-order valence-electron chi connectivity index (χ2n) is 10.3. The number of benzene rings is 3. The summed E-state index contributed by atoms with van der Waals surface area (Å²) in [5.74, 6) is -3.68. The highest BCUT2D eigenvalue weighted by Gasteiger charge is 2.44. The lowest BCUT2D eigenvalue weighted by atomic mass is 10.0. The molecule has 13 nitrogen and oxygen atoms in total. The van der Waals surface area contributed by atoms with E-state index in [1.165, 1.54) is 42.5 Å².